The van der Waals surface area contributed by atoms with Gasteiger partial charge in [0.2, 0.25) is 0 Å². The van der Waals surface area contributed by atoms with Gasteiger partial charge in [0.15, 0.2) is 5.12 Å². The topological polar surface area (TPSA) is 57.5 Å². The zero-order chi connectivity index (χ0) is 45.8. The van der Waals surface area contributed by atoms with Crippen molar-refractivity contribution in [2.45, 2.75) is 11.3 Å². The summed E-state index contributed by atoms with van der Waals surface area (Å²) in [6.45, 7) is 0. The monoisotopic (exact) mass is 1670 g/mol. The molecule has 0 saturated carbocycles. The van der Waals surface area contributed by atoms with Gasteiger partial charge in [0.25, 0.3) is 0 Å². The molecule has 0 spiro atoms. The van der Waals surface area contributed by atoms with Crippen molar-refractivity contribution in [1.82, 2.24) is 0 Å². The highest BCUT2D eigenvalue weighted by atomic mass is 33.5. The van der Waals surface area contributed by atoms with Gasteiger partial charge in [-0.2, -0.15) is 0 Å². The van der Waals surface area contributed by atoms with Crippen LogP contribution >= 0.6 is 23.1 Å². The number of hydrogen-bond donors (Lipinski definition) is 2. The van der Waals surface area contributed by atoms with Gasteiger partial charge in [0.1, 0.15) is 0 Å². The molecule has 3 aromatic rings. The summed E-state index contributed by atoms with van der Waals surface area (Å²) in [5, 5.41) is 19.1. The van der Waals surface area contributed by atoms with Crippen LogP contribution in [-0.4, -0.2) is 22.3 Å². The Hall–Kier alpha value is 7.64. The summed E-state index contributed by atoms with van der Waals surface area (Å²) in [5.41, 5.74) is 1.18. The fraction of sp³-hybridized carbons (Fsp3) is 0.0625. The summed E-state index contributed by atoms with van der Waals surface area (Å²) in [4.78, 5) is 12.0. The van der Waals surface area contributed by atoms with Crippen LogP contribution in [0.2, 0.25) is 0 Å². The number of thiophene rings is 1. The van der Waals surface area contributed by atoms with Crippen LogP contribution in [0.25, 0.3) is 10.1 Å². The maximum absolute atomic E-state index is 10.9. The lowest BCUT2D eigenvalue weighted by atomic mass is 9.89. The van der Waals surface area contributed by atoms with Gasteiger partial charge in [0, 0.05) is 398 Å². The van der Waals surface area contributed by atoms with Crippen LogP contribution in [0.1, 0.15) is 5.56 Å². The molecule has 1 aromatic heterocycles. The zero-order valence-electron chi connectivity index (χ0n) is 28.7. The molecule has 48 heteroatoms. The molecule has 64 heavy (non-hydrogen) atoms. The molecule has 1 aliphatic heterocycles. The molecular weight excluding hydrogens is 1660 g/mol. The third kappa shape index (κ3) is 41.8. The van der Waals surface area contributed by atoms with Gasteiger partial charge in [-0.25, -0.2) is 0 Å². The lowest BCUT2D eigenvalue weighted by molar-refractivity contribution is -0.110. The van der Waals surface area contributed by atoms with Crippen molar-refractivity contribution in [3.05, 3.63) is 60.2 Å². The first-order valence-electron chi connectivity index (χ1n) is 13.6. The van der Waals surface area contributed by atoms with E-state index in [1.165, 1.54) is 46.4 Å². The molecule has 4 rings (SSSR count). The number of benzene rings is 2. The minimum atomic E-state index is -1.35. The molecule has 3 nitrogen and oxygen atoms in total. The zero-order valence-corrected chi connectivity index (χ0v) is 64.7. The Bertz CT molecular complexity index is 3800. The minimum absolute atomic E-state index is 0.265. The molecule has 362 valence electrons. The molecule has 0 saturated heterocycles. The first kappa shape index (κ1) is 67.8. The second-order valence-corrected chi connectivity index (χ2v) is 80.5. The second kappa shape index (κ2) is 52.7. The summed E-state index contributed by atoms with van der Waals surface area (Å²) < 4.78 is 1.68. The van der Waals surface area contributed by atoms with E-state index in [0.717, 1.165) is 15.0 Å². The first-order chi connectivity index (χ1) is 31.5. The van der Waals surface area contributed by atoms with Gasteiger partial charge < -0.3 is 10.0 Å². The number of carbonyl (C=O) groups is 1. The van der Waals surface area contributed by atoms with E-state index in [4.69, 9.17) is 32.4 Å². The van der Waals surface area contributed by atoms with Crippen LogP contribution in [0.4, 0.5) is 0 Å². The molecule has 1 aliphatic rings. The summed E-state index contributed by atoms with van der Waals surface area (Å²) >= 11 is 12.4. The molecular formula is C16H13BO3S44. The van der Waals surface area contributed by atoms with Gasteiger partial charge in [-0.3, -0.25) is 4.79 Å². The SMILES string of the molecule is O=C1Cc2ccccc2S1.OB(O)c1cc2ccccc2s1.S=S=S=S=S=S=S=S=S=S=S=S=S=S=S=S=S=S=S=S=S=S=S=S=S=S=S=S=S=S=S=S=S=S=S=S=S=S=S=S=S=S. The van der Waals surface area contributed by atoms with E-state index in [1.807, 2.05) is 279 Å². The van der Waals surface area contributed by atoms with E-state index in [-0.39, 0.29) is 5.12 Å². The molecule has 0 bridgehead atoms. The molecule has 2 N–H and O–H groups in total. The molecule has 0 fully saturated rings. The minimum Gasteiger partial charge on any atom is -0.423 e. The van der Waals surface area contributed by atoms with E-state index >= 15 is 0 Å². The van der Waals surface area contributed by atoms with Crippen molar-refractivity contribution < 1.29 is 14.8 Å². The van der Waals surface area contributed by atoms with Gasteiger partial charge in [-0.05, 0) is 29.1 Å². The Morgan fingerprint density at radius 2 is 0.719 bits per heavy atom. The van der Waals surface area contributed by atoms with Crippen LogP contribution < -0.4 is 4.78 Å². The van der Waals surface area contributed by atoms with Crippen molar-refractivity contribution >= 4 is 428 Å². The second-order valence-electron chi connectivity index (χ2n) is 7.54. The highest BCUT2D eigenvalue weighted by molar-refractivity contribution is 8.81. The lowest BCUT2D eigenvalue weighted by Gasteiger charge is -1.90. The summed E-state index contributed by atoms with van der Waals surface area (Å²) in [6.07, 6.45) is 0.612. The summed E-state index contributed by atoms with van der Waals surface area (Å²) in [5.74, 6) is 0. The Balaban J connectivity index is 0.000000502. The number of rotatable bonds is 1. The van der Waals surface area contributed by atoms with Gasteiger partial charge in [-0.1, -0.05) is 48.2 Å². The van der Waals surface area contributed by atoms with Crippen molar-refractivity contribution in [2.75, 3.05) is 0 Å². The highest BCUT2D eigenvalue weighted by Gasteiger charge is 2.17. The lowest BCUT2D eigenvalue weighted by Crippen LogP contribution is -2.26. The normalized spacial score (nSPS) is 9.44. The van der Waals surface area contributed by atoms with Crippen molar-refractivity contribution in [2.24, 2.45) is 0 Å². The van der Waals surface area contributed by atoms with Gasteiger partial charge >= 0.3 is 7.12 Å². The summed E-state index contributed by atoms with van der Waals surface area (Å²) in [6, 6.07) is 17.5. The van der Waals surface area contributed by atoms with Crippen LogP contribution in [-0.2, 0) is 389 Å². The predicted octanol–water partition coefficient (Wildman–Crippen LogP) is 2.34. The maximum atomic E-state index is 10.9. The third-order valence-corrected chi connectivity index (χ3v) is 93.1. The van der Waals surface area contributed by atoms with Gasteiger partial charge in [-0.15, -0.1) is 11.3 Å². The van der Waals surface area contributed by atoms with E-state index < -0.39 is 7.12 Å². The quantitative estimate of drug-likeness (QED) is 0.366. The Morgan fingerprint density at radius 1 is 0.422 bits per heavy atom. The van der Waals surface area contributed by atoms with E-state index in [1.54, 1.807) is 113 Å². The molecule has 0 radical (unpaired) electrons. The van der Waals surface area contributed by atoms with Crippen LogP contribution in [0.3, 0.4) is 0 Å². The van der Waals surface area contributed by atoms with E-state index in [0.29, 0.717) is 11.2 Å². The van der Waals surface area contributed by atoms with Crippen LogP contribution in [0.5, 0.6) is 0 Å². The van der Waals surface area contributed by atoms with Crippen LogP contribution in [0, 0.1) is 0 Å². The van der Waals surface area contributed by atoms with Crippen molar-refractivity contribution in [1.29, 1.82) is 0 Å². The van der Waals surface area contributed by atoms with Crippen molar-refractivity contribution in [3.63, 3.8) is 0 Å². The smallest absolute Gasteiger partial charge is 0.423 e. The number of thioether (sulfide) groups is 1. The molecule has 0 amide bonds. The number of fused-ring (bicyclic) bond motifs is 2. The Labute approximate surface area is 501 Å². The average molecular weight is 1680 g/mol. The third-order valence-electron chi connectivity index (χ3n) is 4.31. The molecule has 2 aromatic carbocycles. The number of carbonyl (C=O) groups excluding carboxylic acids is 1. The van der Waals surface area contributed by atoms with Gasteiger partial charge in [0.05, 0.1) is 0 Å². The van der Waals surface area contributed by atoms with E-state index in [2.05, 4.69) is 0 Å². The number of hydrogen-bond acceptors (Lipinski definition) is 7. The standard InChI is InChI=1S/C8H7BO2S.C8H6OS.S42/c10-9(11)8-5-6-3-1-2-4-7(6)12-8;9-8-5-6-3-1-2-4-7(6)10-8;1-3-5-7-9-11-13-15-17-19-21-23-25-27-29-31-33-35-37-39-41-42-40-38-36-34-32-30-28-26-24-22-20-18-16-14-12-10-8-6-4-2/h1-5,10-11H;1-4H,5H2;. The molecule has 0 unspecified atom stereocenters. The molecule has 0 atom stereocenters. The first-order valence-corrected chi connectivity index (χ1v) is 69.9. The van der Waals surface area contributed by atoms with Crippen LogP contribution in [0.15, 0.2) is 59.5 Å². The fourth-order valence-electron chi connectivity index (χ4n) is 2.62. The largest absolute Gasteiger partial charge is 0.499 e. The molecule has 2 heterocycles. The molecule has 0 aliphatic carbocycles. The fourth-order valence-corrected chi connectivity index (χ4v) is 109. The highest BCUT2D eigenvalue weighted by Crippen LogP contribution is 2.31. The van der Waals surface area contributed by atoms with E-state index in [9.17, 15) is 4.79 Å². The predicted molar refractivity (Wildman–Crippen MR) is 402 cm³/mol. The summed E-state index contributed by atoms with van der Waals surface area (Å²) in [7, 11) is 69.7. The Morgan fingerprint density at radius 3 is 1.02 bits per heavy atom. The Kier molecular flexibility index (Phi) is 55.8. The van der Waals surface area contributed by atoms with Crippen molar-refractivity contribution in [3.8, 4) is 0 Å². The average Bonchev–Trinajstić information content (AvgIpc) is 3.92. The maximum Gasteiger partial charge on any atom is 0.499 e.